The average Bonchev–Trinajstić information content (AvgIpc) is 2.90. The zero-order valence-corrected chi connectivity index (χ0v) is 9.51. The van der Waals surface area contributed by atoms with Crippen LogP contribution in [0.5, 0.6) is 0 Å². The molecule has 0 radical (unpaired) electrons. The van der Waals surface area contributed by atoms with Gasteiger partial charge in [-0.15, -0.1) is 0 Å². The van der Waals surface area contributed by atoms with E-state index in [4.69, 9.17) is 0 Å². The van der Waals surface area contributed by atoms with E-state index in [1.807, 2.05) is 18.2 Å². The number of amidine groups is 1. The van der Waals surface area contributed by atoms with Crippen molar-refractivity contribution < 1.29 is 0 Å². The van der Waals surface area contributed by atoms with Gasteiger partial charge in [0, 0.05) is 5.92 Å². The molecule has 0 spiro atoms. The number of allylic oxidation sites excluding steroid dienone is 3. The molecule has 2 N–H and O–H groups in total. The van der Waals surface area contributed by atoms with E-state index in [1.54, 1.807) is 0 Å². The Balaban J connectivity index is 1.69. The summed E-state index contributed by atoms with van der Waals surface area (Å²) in [5, 5.41) is 7.82. The Kier molecular flexibility index (Phi) is 2.66. The summed E-state index contributed by atoms with van der Waals surface area (Å²) in [5.74, 6) is 1.40. The minimum Gasteiger partial charge on any atom is -0.347 e. The van der Waals surface area contributed by atoms with Crippen LogP contribution in [0, 0.1) is 5.92 Å². The quantitative estimate of drug-likeness (QED) is 0.810. The first-order valence-corrected chi connectivity index (χ1v) is 5.91. The van der Waals surface area contributed by atoms with Gasteiger partial charge in [0.25, 0.3) is 0 Å². The molecule has 1 heterocycles. The van der Waals surface area contributed by atoms with E-state index >= 15 is 0 Å². The molecule has 3 heteroatoms. The fourth-order valence-electron chi connectivity index (χ4n) is 2.12. The maximum Gasteiger partial charge on any atom is 0.140 e. The number of hydrogen-bond donors (Lipinski definition) is 2. The van der Waals surface area contributed by atoms with Gasteiger partial charge in [-0.1, -0.05) is 54.6 Å². The van der Waals surface area contributed by atoms with Crippen molar-refractivity contribution in [2.75, 3.05) is 0 Å². The summed E-state index contributed by atoms with van der Waals surface area (Å²) < 4.78 is 0. The second-order valence-corrected chi connectivity index (χ2v) is 4.27. The van der Waals surface area contributed by atoms with Gasteiger partial charge in [0.1, 0.15) is 12.0 Å². The number of benzene rings is 1. The maximum absolute atomic E-state index is 4.39. The van der Waals surface area contributed by atoms with Gasteiger partial charge in [-0.05, 0) is 12.0 Å². The Hall–Kier alpha value is -2.03. The van der Waals surface area contributed by atoms with Crippen molar-refractivity contribution in [2.24, 2.45) is 11.0 Å². The molecule has 3 rings (SSSR count). The summed E-state index contributed by atoms with van der Waals surface area (Å²) in [6.07, 6.45) is 9.63. The van der Waals surface area contributed by atoms with Crippen LogP contribution in [-0.2, 0) is 0 Å². The first kappa shape index (κ1) is 10.1. The molecular weight excluding hydrogens is 210 g/mol. The molecule has 0 amide bonds. The van der Waals surface area contributed by atoms with E-state index in [-0.39, 0.29) is 6.17 Å². The lowest BCUT2D eigenvalue weighted by molar-refractivity contribution is 0.571. The normalized spacial score (nSPS) is 26.2. The van der Waals surface area contributed by atoms with Gasteiger partial charge in [-0.2, -0.15) is 5.10 Å². The van der Waals surface area contributed by atoms with E-state index in [9.17, 15) is 0 Å². The lowest BCUT2D eigenvalue weighted by Gasteiger charge is -2.16. The van der Waals surface area contributed by atoms with Crippen LogP contribution in [0.1, 0.15) is 18.2 Å². The monoisotopic (exact) mass is 225 g/mol. The number of nitrogens with zero attached hydrogens (tertiary/aromatic N) is 1. The fraction of sp³-hybridized carbons (Fsp3) is 0.214. The molecule has 86 valence electrons. The second-order valence-electron chi connectivity index (χ2n) is 4.27. The largest absolute Gasteiger partial charge is 0.347 e. The molecule has 0 saturated carbocycles. The lowest BCUT2D eigenvalue weighted by atomic mass is 9.99. The van der Waals surface area contributed by atoms with E-state index in [0.717, 1.165) is 12.3 Å². The lowest BCUT2D eigenvalue weighted by Crippen LogP contribution is -2.30. The first-order valence-electron chi connectivity index (χ1n) is 5.91. The summed E-state index contributed by atoms with van der Waals surface area (Å²) in [5.41, 5.74) is 4.35. The molecule has 0 bridgehead atoms. The summed E-state index contributed by atoms with van der Waals surface area (Å²) in [6.45, 7) is 0. The molecule has 2 aliphatic rings. The smallest absolute Gasteiger partial charge is 0.140 e. The third kappa shape index (κ3) is 2.09. The Morgan fingerprint density at radius 2 is 2.00 bits per heavy atom. The van der Waals surface area contributed by atoms with Gasteiger partial charge in [0.05, 0.1) is 0 Å². The van der Waals surface area contributed by atoms with E-state index in [2.05, 4.69) is 52.3 Å². The van der Waals surface area contributed by atoms with Gasteiger partial charge in [0.15, 0.2) is 0 Å². The topological polar surface area (TPSA) is 36.4 Å². The molecule has 17 heavy (non-hydrogen) atoms. The van der Waals surface area contributed by atoms with Crippen molar-refractivity contribution in [1.82, 2.24) is 10.7 Å². The highest BCUT2D eigenvalue weighted by Gasteiger charge is 2.23. The second kappa shape index (κ2) is 4.45. The molecule has 1 aromatic carbocycles. The molecular formula is C14H15N3. The van der Waals surface area contributed by atoms with Crippen molar-refractivity contribution in [3.05, 3.63) is 60.2 Å². The molecule has 1 aromatic rings. The minimum atomic E-state index is 0.102. The number of nitrogens with one attached hydrogen (secondary N) is 2. The molecule has 2 atom stereocenters. The zero-order valence-electron chi connectivity index (χ0n) is 9.51. The third-order valence-corrected chi connectivity index (χ3v) is 3.07. The number of rotatable bonds is 2. The molecule has 2 unspecified atom stereocenters. The van der Waals surface area contributed by atoms with Crippen molar-refractivity contribution in [2.45, 2.75) is 12.6 Å². The Morgan fingerprint density at radius 3 is 2.76 bits per heavy atom. The van der Waals surface area contributed by atoms with Gasteiger partial charge in [-0.25, -0.2) is 0 Å². The minimum absolute atomic E-state index is 0.102. The van der Waals surface area contributed by atoms with Crippen LogP contribution in [0.4, 0.5) is 0 Å². The number of hydrogen-bond acceptors (Lipinski definition) is 3. The molecule has 1 aliphatic heterocycles. The van der Waals surface area contributed by atoms with E-state index in [1.165, 1.54) is 5.56 Å². The Morgan fingerprint density at radius 1 is 1.12 bits per heavy atom. The molecule has 0 fully saturated rings. The predicted octanol–water partition coefficient (Wildman–Crippen LogP) is 2.32. The van der Waals surface area contributed by atoms with Crippen LogP contribution in [0.2, 0.25) is 0 Å². The Labute approximate surface area is 101 Å². The van der Waals surface area contributed by atoms with Crippen LogP contribution >= 0.6 is 0 Å². The zero-order chi connectivity index (χ0) is 11.5. The van der Waals surface area contributed by atoms with Crippen LogP contribution in [0.25, 0.3) is 0 Å². The molecule has 3 nitrogen and oxygen atoms in total. The Bertz CT molecular complexity index is 474. The predicted molar refractivity (Wildman–Crippen MR) is 69.3 cm³/mol. The van der Waals surface area contributed by atoms with Gasteiger partial charge >= 0.3 is 0 Å². The maximum atomic E-state index is 4.39. The van der Waals surface area contributed by atoms with Crippen molar-refractivity contribution >= 4 is 5.84 Å². The van der Waals surface area contributed by atoms with Crippen molar-refractivity contribution in [3.63, 3.8) is 0 Å². The molecule has 0 saturated heterocycles. The summed E-state index contributed by atoms with van der Waals surface area (Å²) in [7, 11) is 0. The molecule has 0 aromatic heterocycles. The SMILES string of the molecule is C1=CCC(C2=NNC(c3ccccc3)N2)C=C1. The highest BCUT2D eigenvalue weighted by Crippen LogP contribution is 2.19. The van der Waals surface area contributed by atoms with Gasteiger partial charge in [0.2, 0.25) is 0 Å². The molecule has 1 aliphatic carbocycles. The van der Waals surface area contributed by atoms with Gasteiger partial charge < -0.3 is 5.32 Å². The fourth-order valence-corrected chi connectivity index (χ4v) is 2.12. The summed E-state index contributed by atoms with van der Waals surface area (Å²) >= 11 is 0. The summed E-state index contributed by atoms with van der Waals surface area (Å²) in [6, 6.07) is 10.3. The van der Waals surface area contributed by atoms with Crippen LogP contribution in [-0.4, -0.2) is 5.84 Å². The van der Waals surface area contributed by atoms with Crippen LogP contribution in [0.3, 0.4) is 0 Å². The van der Waals surface area contributed by atoms with Gasteiger partial charge in [-0.3, -0.25) is 5.43 Å². The first-order chi connectivity index (χ1) is 8.43. The average molecular weight is 225 g/mol. The van der Waals surface area contributed by atoms with Crippen molar-refractivity contribution in [3.8, 4) is 0 Å². The van der Waals surface area contributed by atoms with Crippen LogP contribution in [0.15, 0.2) is 59.7 Å². The van der Waals surface area contributed by atoms with E-state index < -0.39 is 0 Å². The van der Waals surface area contributed by atoms with E-state index in [0.29, 0.717) is 5.92 Å². The van der Waals surface area contributed by atoms with Crippen molar-refractivity contribution in [1.29, 1.82) is 0 Å². The highest BCUT2D eigenvalue weighted by atomic mass is 15.5. The summed E-state index contributed by atoms with van der Waals surface area (Å²) in [4.78, 5) is 0. The van der Waals surface area contributed by atoms with Crippen LogP contribution < -0.4 is 10.7 Å². The highest BCUT2D eigenvalue weighted by molar-refractivity contribution is 5.87. The third-order valence-electron chi connectivity index (χ3n) is 3.07. The standard InChI is InChI=1S/C14H15N3/c1-3-7-11(8-4-1)13-15-14(17-16-13)12-9-5-2-6-10-12/h1-9,12-13,16H,10H2,(H,15,17). The number of hydrazone groups is 1.